The Morgan fingerprint density at radius 2 is 1.94 bits per heavy atom. The molecule has 2 unspecified atom stereocenters. The summed E-state index contributed by atoms with van der Waals surface area (Å²) in [6.07, 6.45) is 0.183. The Labute approximate surface area is 190 Å². The summed E-state index contributed by atoms with van der Waals surface area (Å²) in [5.41, 5.74) is 0.214. The number of likely N-dealkylation sites (tertiary alicyclic amines) is 1. The molecule has 2 aromatic rings. The van der Waals surface area contributed by atoms with E-state index in [1.165, 1.54) is 28.4 Å². The number of benzene rings is 1. The number of thiazole rings is 1. The normalized spacial score (nSPS) is 19.4. The fourth-order valence-corrected chi connectivity index (χ4v) is 5.25. The Bertz CT molecular complexity index is 1060. The lowest BCUT2D eigenvalue weighted by Gasteiger charge is -2.30. The fourth-order valence-electron chi connectivity index (χ4n) is 3.53. The molecule has 2 atom stereocenters. The van der Waals surface area contributed by atoms with E-state index in [1.807, 2.05) is 0 Å². The van der Waals surface area contributed by atoms with Gasteiger partial charge < -0.3 is 9.64 Å². The van der Waals surface area contributed by atoms with Crippen molar-refractivity contribution in [3.63, 3.8) is 0 Å². The molecule has 0 bridgehead atoms. The van der Waals surface area contributed by atoms with E-state index >= 15 is 0 Å². The van der Waals surface area contributed by atoms with Gasteiger partial charge in [0.2, 0.25) is 10.0 Å². The standard InChI is InChI=1S/C21H27F2N3O4S2/c1-5-32(28,29)25-17-6-7-26(20(27)30-21(2,3)4)18(17)11-16-12-31-19(24-16)13-8-14(22)10-15(23)9-13/h8-10,12,17-18,25H,5-7,11H2,1-4H3. The van der Waals surface area contributed by atoms with E-state index in [4.69, 9.17) is 4.74 Å². The molecule has 2 heterocycles. The first kappa shape index (κ1) is 24.5. The van der Waals surface area contributed by atoms with E-state index in [0.29, 0.717) is 29.2 Å². The highest BCUT2D eigenvalue weighted by Gasteiger charge is 2.41. The van der Waals surface area contributed by atoms with Crippen molar-refractivity contribution in [2.24, 2.45) is 0 Å². The number of carbonyl (C=O) groups excluding carboxylic acids is 1. The third kappa shape index (κ3) is 6.23. The summed E-state index contributed by atoms with van der Waals surface area (Å²) in [4.78, 5) is 18.8. The molecule has 3 rings (SSSR count). The molecule has 1 saturated heterocycles. The summed E-state index contributed by atoms with van der Waals surface area (Å²) < 4.78 is 59.7. The average molecular weight is 488 g/mol. The predicted octanol–water partition coefficient (Wildman–Crippen LogP) is 3.95. The van der Waals surface area contributed by atoms with Crippen molar-refractivity contribution in [1.29, 1.82) is 0 Å². The zero-order valence-corrected chi connectivity index (χ0v) is 20.0. The molecule has 7 nitrogen and oxygen atoms in total. The summed E-state index contributed by atoms with van der Waals surface area (Å²) in [5.74, 6) is -1.47. The highest BCUT2D eigenvalue weighted by molar-refractivity contribution is 7.89. The van der Waals surface area contributed by atoms with Crippen molar-refractivity contribution in [3.05, 3.63) is 40.9 Å². The van der Waals surface area contributed by atoms with Gasteiger partial charge in [-0.1, -0.05) is 0 Å². The van der Waals surface area contributed by atoms with Crippen LogP contribution in [-0.2, 0) is 21.2 Å². The van der Waals surface area contributed by atoms with Gasteiger partial charge in [0, 0.05) is 36.0 Å². The maximum absolute atomic E-state index is 13.6. The Kier molecular flexibility index (Phi) is 7.21. The first-order valence-corrected chi connectivity index (χ1v) is 12.8. The lowest BCUT2D eigenvalue weighted by molar-refractivity contribution is 0.0218. The molecule has 176 valence electrons. The molecule has 1 amide bonds. The van der Waals surface area contributed by atoms with E-state index in [-0.39, 0.29) is 12.2 Å². The lowest BCUT2D eigenvalue weighted by atomic mass is 10.1. The molecule has 0 aliphatic carbocycles. The molecule has 0 saturated carbocycles. The summed E-state index contributed by atoms with van der Waals surface area (Å²) >= 11 is 1.22. The Hall–Kier alpha value is -2.11. The number of amides is 1. The zero-order valence-electron chi connectivity index (χ0n) is 18.4. The van der Waals surface area contributed by atoms with E-state index in [2.05, 4.69) is 9.71 Å². The van der Waals surface area contributed by atoms with Gasteiger partial charge in [-0.15, -0.1) is 11.3 Å². The van der Waals surface area contributed by atoms with Gasteiger partial charge in [-0.05, 0) is 46.2 Å². The second-order valence-electron chi connectivity index (χ2n) is 8.66. The van der Waals surface area contributed by atoms with Crippen LogP contribution in [0.4, 0.5) is 13.6 Å². The highest BCUT2D eigenvalue weighted by Crippen LogP contribution is 2.29. The number of hydrogen-bond donors (Lipinski definition) is 1. The second-order valence-corrected chi connectivity index (χ2v) is 11.6. The maximum atomic E-state index is 13.6. The minimum atomic E-state index is -3.49. The summed E-state index contributed by atoms with van der Waals surface area (Å²) in [7, 11) is -3.49. The first-order valence-electron chi connectivity index (χ1n) is 10.3. The molecular formula is C21H27F2N3O4S2. The third-order valence-corrected chi connectivity index (χ3v) is 7.33. The third-order valence-electron chi connectivity index (χ3n) is 4.96. The minimum absolute atomic E-state index is 0.0748. The van der Waals surface area contributed by atoms with Gasteiger partial charge >= 0.3 is 6.09 Å². The Morgan fingerprint density at radius 3 is 2.53 bits per heavy atom. The molecule has 1 aromatic heterocycles. The SMILES string of the molecule is CCS(=O)(=O)NC1CCN(C(=O)OC(C)(C)C)C1Cc1csc(-c2cc(F)cc(F)c2)n1. The molecule has 32 heavy (non-hydrogen) atoms. The minimum Gasteiger partial charge on any atom is -0.444 e. The van der Waals surface area contributed by atoms with Gasteiger partial charge in [0.25, 0.3) is 0 Å². The van der Waals surface area contributed by atoms with Gasteiger partial charge in [-0.2, -0.15) is 0 Å². The molecule has 1 fully saturated rings. The quantitative estimate of drug-likeness (QED) is 0.667. The predicted molar refractivity (Wildman–Crippen MR) is 119 cm³/mol. The molecular weight excluding hydrogens is 460 g/mol. The number of nitrogens with one attached hydrogen (secondary N) is 1. The van der Waals surface area contributed by atoms with Crippen molar-refractivity contribution in [2.45, 2.75) is 58.2 Å². The summed E-state index contributed by atoms with van der Waals surface area (Å²) in [5, 5.41) is 2.18. The van der Waals surface area contributed by atoms with Crippen LogP contribution in [0.15, 0.2) is 23.6 Å². The summed E-state index contributed by atoms with van der Waals surface area (Å²) in [6.45, 7) is 7.17. The maximum Gasteiger partial charge on any atom is 0.410 e. The van der Waals surface area contributed by atoms with Gasteiger partial charge in [0.1, 0.15) is 22.2 Å². The fraction of sp³-hybridized carbons (Fsp3) is 0.524. The molecule has 1 aromatic carbocycles. The number of halogens is 2. The number of rotatable bonds is 6. The van der Waals surface area contributed by atoms with Gasteiger partial charge in [0.15, 0.2) is 0 Å². The van der Waals surface area contributed by atoms with Gasteiger partial charge in [-0.3, -0.25) is 0 Å². The van der Waals surface area contributed by atoms with Crippen LogP contribution in [0.25, 0.3) is 10.6 Å². The number of sulfonamides is 1. The van der Waals surface area contributed by atoms with Crippen molar-refractivity contribution in [1.82, 2.24) is 14.6 Å². The van der Waals surface area contributed by atoms with Gasteiger partial charge in [0.05, 0.1) is 17.5 Å². The van der Waals surface area contributed by atoms with Crippen molar-refractivity contribution < 1.29 is 26.7 Å². The molecule has 11 heteroatoms. The smallest absolute Gasteiger partial charge is 0.410 e. The molecule has 1 aliphatic heterocycles. The van der Waals surface area contributed by atoms with Crippen molar-refractivity contribution in [2.75, 3.05) is 12.3 Å². The van der Waals surface area contributed by atoms with Crippen LogP contribution in [0.2, 0.25) is 0 Å². The van der Waals surface area contributed by atoms with E-state index in [0.717, 1.165) is 6.07 Å². The first-order chi connectivity index (χ1) is 14.9. The lowest BCUT2D eigenvalue weighted by Crippen LogP contribution is -2.49. The van der Waals surface area contributed by atoms with Crippen LogP contribution in [-0.4, -0.2) is 54.4 Å². The average Bonchev–Trinajstić information content (AvgIpc) is 3.27. The van der Waals surface area contributed by atoms with Gasteiger partial charge in [-0.25, -0.2) is 31.7 Å². The number of carbonyl (C=O) groups is 1. The Balaban J connectivity index is 1.85. The van der Waals surface area contributed by atoms with Crippen LogP contribution < -0.4 is 4.72 Å². The van der Waals surface area contributed by atoms with Crippen LogP contribution >= 0.6 is 11.3 Å². The van der Waals surface area contributed by atoms with Crippen LogP contribution in [0.1, 0.15) is 39.8 Å². The number of ether oxygens (including phenoxy) is 1. The Morgan fingerprint density at radius 1 is 1.28 bits per heavy atom. The van der Waals surface area contributed by atoms with E-state index in [1.54, 1.807) is 33.1 Å². The molecule has 1 N–H and O–H groups in total. The molecule has 0 radical (unpaired) electrons. The topological polar surface area (TPSA) is 88.6 Å². The monoisotopic (exact) mass is 487 g/mol. The van der Waals surface area contributed by atoms with Crippen molar-refractivity contribution in [3.8, 4) is 10.6 Å². The molecule has 0 spiro atoms. The largest absolute Gasteiger partial charge is 0.444 e. The highest BCUT2D eigenvalue weighted by atomic mass is 32.2. The zero-order chi connectivity index (χ0) is 23.7. The van der Waals surface area contributed by atoms with Crippen LogP contribution in [0, 0.1) is 11.6 Å². The number of nitrogens with zero attached hydrogens (tertiary/aromatic N) is 2. The van der Waals surface area contributed by atoms with Crippen LogP contribution in [0.5, 0.6) is 0 Å². The second kappa shape index (κ2) is 9.40. The molecule has 1 aliphatic rings. The van der Waals surface area contributed by atoms with Crippen molar-refractivity contribution >= 4 is 27.5 Å². The van der Waals surface area contributed by atoms with E-state index < -0.39 is 45.4 Å². The number of aromatic nitrogens is 1. The summed E-state index contributed by atoms with van der Waals surface area (Å²) in [6, 6.07) is 2.19. The number of hydrogen-bond acceptors (Lipinski definition) is 6. The van der Waals surface area contributed by atoms with E-state index in [9.17, 15) is 22.0 Å². The van der Waals surface area contributed by atoms with Crippen LogP contribution in [0.3, 0.4) is 0 Å².